The van der Waals surface area contributed by atoms with Crippen molar-refractivity contribution in [3.05, 3.63) is 212 Å². The molecule has 288 valence electrons. The number of aromatic nitrogens is 5. The van der Waals surface area contributed by atoms with Gasteiger partial charge >= 0.3 is 0 Å². The van der Waals surface area contributed by atoms with Gasteiger partial charge in [0.25, 0.3) is 0 Å². The van der Waals surface area contributed by atoms with E-state index < -0.39 is 0 Å². The van der Waals surface area contributed by atoms with Crippen molar-refractivity contribution in [2.24, 2.45) is 0 Å². The maximum absolute atomic E-state index is 5.18. The first-order valence-electron chi connectivity index (χ1n) is 21.0. The molecule has 0 saturated heterocycles. The van der Waals surface area contributed by atoms with Gasteiger partial charge < -0.3 is 9.13 Å². The van der Waals surface area contributed by atoms with E-state index in [1.54, 1.807) is 0 Å². The van der Waals surface area contributed by atoms with Crippen LogP contribution in [0, 0.1) is 0 Å². The molecule has 0 radical (unpaired) electrons. The van der Waals surface area contributed by atoms with Crippen molar-refractivity contribution in [2.75, 3.05) is 0 Å². The molecule has 0 bridgehead atoms. The summed E-state index contributed by atoms with van der Waals surface area (Å²) in [5.41, 5.74) is 9.80. The van der Waals surface area contributed by atoms with Crippen molar-refractivity contribution in [3.63, 3.8) is 0 Å². The fourth-order valence-corrected chi connectivity index (χ4v) is 9.64. The van der Waals surface area contributed by atoms with Gasteiger partial charge in [-0.05, 0) is 75.5 Å². The molecule has 0 atom stereocenters. The van der Waals surface area contributed by atoms with E-state index in [9.17, 15) is 0 Å². The van der Waals surface area contributed by atoms with Gasteiger partial charge in [-0.2, -0.15) is 0 Å². The third-order valence-electron chi connectivity index (χ3n) is 12.5. The Kier molecular flexibility index (Phi) is 7.54. The van der Waals surface area contributed by atoms with E-state index in [4.69, 9.17) is 15.0 Å². The third kappa shape index (κ3) is 5.32. The van der Waals surface area contributed by atoms with Crippen molar-refractivity contribution >= 4 is 75.9 Å². The molecule has 0 amide bonds. The van der Waals surface area contributed by atoms with Gasteiger partial charge in [0, 0.05) is 55.0 Å². The predicted octanol–water partition coefficient (Wildman–Crippen LogP) is 14.5. The maximum Gasteiger partial charge on any atom is 0.164 e. The molecule has 3 aromatic heterocycles. The number of rotatable bonds is 5. The average Bonchev–Trinajstić information content (AvgIpc) is 3.85. The van der Waals surface area contributed by atoms with Crippen LogP contribution in [0.4, 0.5) is 0 Å². The lowest BCUT2D eigenvalue weighted by molar-refractivity contribution is 1.08. The van der Waals surface area contributed by atoms with Crippen LogP contribution in [-0.2, 0) is 0 Å². The molecule has 62 heavy (non-hydrogen) atoms. The zero-order chi connectivity index (χ0) is 40.7. The standard InChI is InChI=1S/C57H35N5/c1-3-16-38(17-4-1)55-58-56(41-27-26-36-14-7-8-18-39(36)32-41)60-57(59-55)48-24-13-19-40-33-43(29-31-44(40)48)61-51-25-12-11-23-46(51)49-34-50-47-30-28-37-15-9-10-22-45(37)54(47)62(53(50)35-52(49)61)42-20-5-2-6-21-42/h1-35H. The first kappa shape index (κ1) is 34.5. The van der Waals surface area contributed by atoms with E-state index in [0.29, 0.717) is 17.5 Å². The minimum absolute atomic E-state index is 0.640. The molecule has 0 aliphatic rings. The van der Waals surface area contributed by atoms with E-state index >= 15 is 0 Å². The van der Waals surface area contributed by atoms with Crippen LogP contribution in [-0.4, -0.2) is 24.1 Å². The van der Waals surface area contributed by atoms with E-state index in [1.165, 1.54) is 48.7 Å². The van der Waals surface area contributed by atoms with Crippen LogP contribution in [0.2, 0.25) is 0 Å². The topological polar surface area (TPSA) is 48.5 Å². The van der Waals surface area contributed by atoms with E-state index in [0.717, 1.165) is 55.3 Å². The smallest absolute Gasteiger partial charge is 0.164 e. The quantitative estimate of drug-likeness (QED) is 0.174. The molecule has 3 heterocycles. The van der Waals surface area contributed by atoms with Crippen molar-refractivity contribution in [2.45, 2.75) is 0 Å². The van der Waals surface area contributed by atoms with Gasteiger partial charge in [0.15, 0.2) is 17.5 Å². The lowest BCUT2D eigenvalue weighted by atomic mass is 10.0. The summed E-state index contributed by atoms with van der Waals surface area (Å²) in [4.78, 5) is 15.4. The number of benzene rings is 10. The summed E-state index contributed by atoms with van der Waals surface area (Å²) in [6.45, 7) is 0. The molecular weight excluding hydrogens is 755 g/mol. The highest BCUT2D eigenvalue weighted by Gasteiger charge is 2.21. The van der Waals surface area contributed by atoms with Gasteiger partial charge in [-0.15, -0.1) is 0 Å². The van der Waals surface area contributed by atoms with Gasteiger partial charge in [-0.1, -0.05) is 164 Å². The van der Waals surface area contributed by atoms with Crippen LogP contribution in [0.5, 0.6) is 0 Å². The average molecular weight is 790 g/mol. The summed E-state index contributed by atoms with van der Waals surface area (Å²) in [5, 5.41) is 11.9. The minimum atomic E-state index is 0.640. The molecule has 5 nitrogen and oxygen atoms in total. The van der Waals surface area contributed by atoms with Crippen LogP contribution in [0.1, 0.15) is 0 Å². The summed E-state index contributed by atoms with van der Waals surface area (Å²) in [6.07, 6.45) is 0. The molecule has 0 N–H and O–H groups in total. The van der Waals surface area contributed by atoms with Crippen LogP contribution < -0.4 is 0 Å². The van der Waals surface area contributed by atoms with Gasteiger partial charge in [-0.25, -0.2) is 15.0 Å². The highest BCUT2D eigenvalue weighted by atomic mass is 15.0. The van der Waals surface area contributed by atoms with Gasteiger partial charge in [0.1, 0.15) is 0 Å². The number of nitrogens with zero attached hydrogens (tertiary/aromatic N) is 5. The van der Waals surface area contributed by atoms with Crippen LogP contribution in [0.3, 0.4) is 0 Å². The fourth-order valence-electron chi connectivity index (χ4n) is 9.64. The number of hydrogen-bond acceptors (Lipinski definition) is 3. The number of fused-ring (bicyclic) bond motifs is 10. The number of hydrogen-bond donors (Lipinski definition) is 0. The summed E-state index contributed by atoms with van der Waals surface area (Å²) in [7, 11) is 0. The zero-order valence-electron chi connectivity index (χ0n) is 33.4. The van der Waals surface area contributed by atoms with Crippen molar-refractivity contribution in [1.29, 1.82) is 0 Å². The Morgan fingerprint density at radius 3 is 1.76 bits per heavy atom. The number of para-hydroxylation sites is 2. The molecule has 0 spiro atoms. The highest BCUT2D eigenvalue weighted by Crippen LogP contribution is 2.42. The van der Waals surface area contributed by atoms with Crippen molar-refractivity contribution in [1.82, 2.24) is 24.1 Å². The maximum atomic E-state index is 5.18. The van der Waals surface area contributed by atoms with Crippen LogP contribution >= 0.6 is 0 Å². The zero-order valence-corrected chi connectivity index (χ0v) is 33.4. The van der Waals surface area contributed by atoms with Gasteiger partial charge in [-0.3, -0.25) is 0 Å². The molecular formula is C57H35N5. The van der Waals surface area contributed by atoms with Crippen molar-refractivity contribution < 1.29 is 0 Å². The Hall–Kier alpha value is -8.41. The normalized spacial score (nSPS) is 11.9. The second-order valence-corrected chi connectivity index (χ2v) is 16.0. The Bertz CT molecular complexity index is 3920. The molecule has 0 unspecified atom stereocenters. The first-order valence-corrected chi connectivity index (χ1v) is 21.0. The fraction of sp³-hybridized carbons (Fsp3) is 0. The minimum Gasteiger partial charge on any atom is -0.309 e. The molecule has 0 aliphatic carbocycles. The SMILES string of the molecule is c1ccc(-c2nc(-c3ccc4ccccc4c3)nc(-c3cccc4cc(-n5c6ccccc6c6cc7c8ccc9ccccc9c8n(-c8ccccc8)c7cc65)ccc34)n2)cc1. The van der Waals surface area contributed by atoms with Gasteiger partial charge in [0.2, 0.25) is 0 Å². The summed E-state index contributed by atoms with van der Waals surface area (Å²) < 4.78 is 4.88. The summed E-state index contributed by atoms with van der Waals surface area (Å²) in [5.74, 6) is 1.93. The Morgan fingerprint density at radius 1 is 0.274 bits per heavy atom. The molecule has 0 fully saturated rings. The van der Waals surface area contributed by atoms with Crippen LogP contribution in [0.25, 0.3) is 121 Å². The summed E-state index contributed by atoms with van der Waals surface area (Å²) >= 11 is 0. The molecule has 13 aromatic rings. The van der Waals surface area contributed by atoms with E-state index in [2.05, 4.69) is 203 Å². The van der Waals surface area contributed by atoms with E-state index in [-0.39, 0.29) is 0 Å². The monoisotopic (exact) mass is 789 g/mol. The second kappa shape index (κ2) is 13.6. The second-order valence-electron chi connectivity index (χ2n) is 16.0. The lowest BCUT2D eigenvalue weighted by Gasteiger charge is -2.13. The summed E-state index contributed by atoms with van der Waals surface area (Å²) in [6, 6.07) is 75.8. The van der Waals surface area contributed by atoms with Gasteiger partial charge in [0.05, 0.1) is 22.1 Å². The molecule has 5 heteroatoms. The molecule has 0 aliphatic heterocycles. The Balaban J connectivity index is 1.03. The highest BCUT2D eigenvalue weighted by molar-refractivity contribution is 6.23. The first-order chi connectivity index (χ1) is 30.7. The van der Waals surface area contributed by atoms with E-state index in [1.807, 2.05) is 18.2 Å². The Morgan fingerprint density at radius 2 is 0.903 bits per heavy atom. The molecule has 10 aromatic carbocycles. The van der Waals surface area contributed by atoms with Crippen LogP contribution in [0.15, 0.2) is 212 Å². The largest absolute Gasteiger partial charge is 0.309 e. The predicted molar refractivity (Wildman–Crippen MR) is 257 cm³/mol. The lowest BCUT2D eigenvalue weighted by Crippen LogP contribution is -2.01. The molecule has 13 rings (SSSR count). The Labute approximate surface area is 356 Å². The molecule has 0 saturated carbocycles. The third-order valence-corrected chi connectivity index (χ3v) is 12.5. The van der Waals surface area contributed by atoms with Crippen molar-refractivity contribution in [3.8, 4) is 45.5 Å².